The maximum Gasteiger partial charge on any atom is 0.204 e. The first kappa shape index (κ1) is 11.4. The number of benzene rings is 1. The summed E-state index contributed by atoms with van der Waals surface area (Å²) in [5.41, 5.74) is 1.91. The van der Waals surface area contributed by atoms with Crippen LogP contribution in [0.5, 0.6) is 0 Å². The number of fused-ring (bicyclic) bond motifs is 1. The van der Waals surface area contributed by atoms with E-state index in [4.69, 9.17) is 0 Å². The molecule has 1 saturated heterocycles. The monoisotopic (exact) mass is 265 g/mol. The number of anilines is 1. The third-order valence-electron chi connectivity index (χ3n) is 3.75. The minimum Gasteiger partial charge on any atom is -0.353 e. The molecule has 0 radical (unpaired) electrons. The Morgan fingerprint density at radius 3 is 2.55 bits per heavy atom. The molecule has 3 aromatic rings. The van der Waals surface area contributed by atoms with Crippen LogP contribution in [0, 0.1) is 0 Å². The van der Waals surface area contributed by atoms with Crippen molar-refractivity contribution in [1.82, 2.24) is 19.6 Å². The van der Waals surface area contributed by atoms with Crippen LogP contribution in [0.3, 0.4) is 0 Å². The molecule has 0 spiro atoms. The van der Waals surface area contributed by atoms with Crippen LogP contribution in [0.1, 0.15) is 12.8 Å². The zero-order chi connectivity index (χ0) is 13.4. The van der Waals surface area contributed by atoms with Crippen molar-refractivity contribution in [2.24, 2.45) is 0 Å². The van der Waals surface area contributed by atoms with Crippen LogP contribution in [0.25, 0.3) is 17.0 Å². The molecule has 1 aliphatic heterocycles. The molecular formula is C15H15N5. The van der Waals surface area contributed by atoms with Crippen LogP contribution in [-0.2, 0) is 0 Å². The van der Waals surface area contributed by atoms with Crippen molar-refractivity contribution in [3.05, 3.63) is 42.7 Å². The highest BCUT2D eigenvalue weighted by Crippen LogP contribution is 2.25. The van der Waals surface area contributed by atoms with Gasteiger partial charge in [0, 0.05) is 31.0 Å². The quantitative estimate of drug-likeness (QED) is 0.713. The molecule has 0 saturated carbocycles. The Morgan fingerprint density at radius 1 is 0.950 bits per heavy atom. The van der Waals surface area contributed by atoms with E-state index in [0.717, 1.165) is 35.9 Å². The number of aromatic nitrogens is 4. The van der Waals surface area contributed by atoms with E-state index >= 15 is 0 Å². The normalized spacial score (nSPS) is 15.1. The molecule has 1 aromatic carbocycles. The fourth-order valence-corrected chi connectivity index (χ4v) is 2.75. The molecule has 0 aliphatic carbocycles. The Bertz CT molecular complexity index is 728. The van der Waals surface area contributed by atoms with Gasteiger partial charge >= 0.3 is 0 Å². The van der Waals surface area contributed by atoms with Crippen LogP contribution in [0.2, 0.25) is 0 Å². The van der Waals surface area contributed by atoms with Crippen molar-refractivity contribution in [2.45, 2.75) is 12.8 Å². The van der Waals surface area contributed by atoms with Gasteiger partial charge in [-0.3, -0.25) is 4.40 Å². The molecule has 1 fully saturated rings. The van der Waals surface area contributed by atoms with Crippen molar-refractivity contribution in [1.29, 1.82) is 0 Å². The summed E-state index contributed by atoms with van der Waals surface area (Å²) < 4.78 is 2.02. The standard InChI is InChI=1S/C15H15N5/c1-2-6-12(7-3-1)13-17-18-15-14(16-8-11-20(13)15)19-9-4-5-10-19/h1-3,6-8,11H,4-5,9-10H2. The lowest BCUT2D eigenvalue weighted by atomic mass is 10.2. The van der Waals surface area contributed by atoms with Crippen molar-refractivity contribution in [2.75, 3.05) is 18.0 Å². The Balaban J connectivity index is 1.88. The van der Waals surface area contributed by atoms with Gasteiger partial charge in [0.2, 0.25) is 5.65 Å². The largest absolute Gasteiger partial charge is 0.353 e. The lowest BCUT2D eigenvalue weighted by molar-refractivity contribution is 0.927. The smallest absolute Gasteiger partial charge is 0.204 e. The van der Waals surface area contributed by atoms with E-state index in [0.29, 0.717) is 0 Å². The van der Waals surface area contributed by atoms with Gasteiger partial charge in [-0.2, -0.15) is 0 Å². The summed E-state index contributed by atoms with van der Waals surface area (Å²) >= 11 is 0. The summed E-state index contributed by atoms with van der Waals surface area (Å²) in [5.74, 6) is 1.81. The Hall–Kier alpha value is -2.43. The Kier molecular flexibility index (Phi) is 2.62. The second-order valence-electron chi connectivity index (χ2n) is 5.03. The SMILES string of the molecule is c1ccc(-c2nnc3c(N4CCCC4)nccn23)cc1. The molecule has 0 unspecified atom stereocenters. The van der Waals surface area contributed by atoms with Crippen LogP contribution >= 0.6 is 0 Å². The molecule has 5 nitrogen and oxygen atoms in total. The summed E-state index contributed by atoms with van der Waals surface area (Å²) in [6.07, 6.45) is 6.21. The van der Waals surface area contributed by atoms with Gasteiger partial charge in [0.15, 0.2) is 11.6 Å². The summed E-state index contributed by atoms with van der Waals surface area (Å²) in [5, 5.41) is 8.69. The van der Waals surface area contributed by atoms with Crippen LogP contribution in [0.4, 0.5) is 5.82 Å². The first-order valence-corrected chi connectivity index (χ1v) is 6.93. The second kappa shape index (κ2) is 4.59. The number of hydrogen-bond donors (Lipinski definition) is 0. The zero-order valence-corrected chi connectivity index (χ0v) is 11.1. The summed E-state index contributed by atoms with van der Waals surface area (Å²) in [6.45, 7) is 2.11. The summed E-state index contributed by atoms with van der Waals surface area (Å²) in [6, 6.07) is 10.1. The number of rotatable bonds is 2. The highest BCUT2D eigenvalue weighted by atomic mass is 15.3. The third kappa shape index (κ3) is 1.74. The average Bonchev–Trinajstić information content (AvgIpc) is 3.17. The molecule has 0 bridgehead atoms. The molecule has 0 atom stereocenters. The minimum absolute atomic E-state index is 0.841. The maximum absolute atomic E-state index is 4.50. The lowest BCUT2D eigenvalue weighted by Crippen LogP contribution is -2.19. The highest BCUT2D eigenvalue weighted by molar-refractivity contribution is 5.68. The van der Waals surface area contributed by atoms with E-state index in [2.05, 4.69) is 20.1 Å². The summed E-state index contributed by atoms with van der Waals surface area (Å²) in [7, 11) is 0. The first-order chi connectivity index (χ1) is 9.93. The first-order valence-electron chi connectivity index (χ1n) is 6.93. The molecule has 3 heterocycles. The highest BCUT2D eigenvalue weighted by Gasteiger charge is 2.19. The second-order valence-corrected chi connectivity index (χ2v) is 5.03. The van der Waals surface area contributed by atoms with Gasteiger partial charge < -0.3 is 4.90 Å². The van der Waals surface area contributed by atoms with Crippen molar-refractivity contribution >= 4 is 11.5 Å². The molecule has 5 heteroatoms. The number of nitrogens with zero attached hydrogens (tertiary/aromatic N) is 5. The van der Waals surface area contributed by atoms with Gasteiger partial charge in [-0.1, -0.05) is 30.3 Å². The van der Waals surface area contributed by atoms with Crippen LogP contribution in [-0.4, -0.2) is 32.7 Å². The number of hydrogen-bond acceptors (Lipinski definition) is 4. The molecule has 20 heavy (non-hydrogen) atoms. The van der Waals surface area contributed by atoms with E-state index in [1.807, 2.05) is 47.1 Å². The Labute approximate surface area is 116 Å². The van der Waals surface area contributed by atoms with Gasteiger partial charge in [0.25, 0.3) is 0 Å². The van der Waals surface area contributed by atoms with Gasteiger partial charge in [-0.15, -0.1) is 10.2 Å². The van der Waals surface area contributed by atoms with Crippen LogP contribution in [0.15, 0.2) is 42.7 Å². The van der Waals surface area contributed by atoms with Crippen molar-refractivity contribution in [3.8, 4) is 11.4 Å². The topological polar surface area (TPSA) is 46.3 Å². The lowest BCUT2D eigenvalue weighted by Gasteiger charge is -2.16. The third-order valence-corrected chi connectivity index (χ3v) is 3.75. The fraction of sp³-hybridized carbons (Fsp3) is 0.267. The van der Waals surface area contributed by atoms with Gasteiger partial charge in [-0.25, -0.2) is 4.98 Å². The molecule has 0 N–H and O–H groups in total. The average molecular weight is 265 g/mol. The molecule has 0 amide bonds. The fourth-order valence-electron chi connectivity index (χ4n) is 2.75. The van der Waals surface area contributed by atoms with E-state index in [1.54, 1.807) is 0 Å². The van der Waals surface area contributed by atoms with Gasteiger partial charge in [0.1, 0.15) is 0 Å². The predicted octanol–water partition coefficient (Wildman–Crippen LogP) is 2.39. The molecule has 2 aromatic heterocycles. The molecule has 4 rings (SSSR count). The van der Waals surface area contributed by atoms with E-state index < -0.39 is 0 Å². The van der Waals surface area contributed by atoms with E-state index in [-0.39, 0.29) is 0 Å². The van der Waals surface area contributed by atoms with Gasteiger partial charge in [-0.05, 0) is 12.8 Å². The Morgan fingerprint density at radius 2 is 1.75 bits per heavy atom. The maximum atomic E-state index is 4.50. The van der Waals surface area contributed by atoms with Crippen molar-refractivity contribution in [3.63, 3.8) is 0 Å². The zero-order valence-electron chi connectivity index (χ0n) is 11.1. The van der Waals surface area contributed by atoms with E-state index in [9.17, 15) is 0 Å². The molecule has 1 aliphatic rings. The van der Waals surface area contributed by atoms with Crippen LogP contribution < -0.4 is 4.90 Å². The van der Waals surface area contributed by atoms with E-state index in [1.165, 1.54) is 12.8 Å². The minimum atomic E-state index is 0.841. The molecular weight excluding hydrogens is 250 g/mol. The predicted molar refractivity (Wildman–Crippen MR) is 77.7 cm³/mol. The summed E-state index contributed by atoms with van der Waals surface area (Å²) in [4.78, 5) is 6.79. The van der Waals surface area contributed by atoms with Gasteiger partial charge in [0.05, 0.1) is 0 Å². The molecule has 100 valence electrons. The van der Waals surface area contributed by atoms with Crippen molar-refractivity contribution < 1.29 is 0 Å².